The Labute approximate surface area is 86.8 Å². The van der Waals surface area contributed by atoms with Gasteiger partial charge >= 0.3 is 6.16 Å². The van der Waals surface area contributed by atoms with Crippen LogP contribution in [0.2, 0.25) is 0 Å². The number of carbonyl (C=O) groups excluding carboxylic acids is 1. The molecule has 0 aliphatic carbocycles. The molecule has 3 heteroatoms. The van der Waals surface area contributed by atoms with Gasteiger partial charge in [0, 0.05) is 0 Å². The molecule has 0 radical (unpaired) electrons. The maximum Gasteiger partial charge on any atom is 0.508 e. The highest BCUT2D eigenvalue weighted by Crippen LogP contribution is 2.07. The van der Waals surface area contributed by atoms with E-state index in [-0.39, 0.29) is 6.10 Å². The fraction of sp³-hybridized carbons (Fsp3) is 0.909. The Hall–Kier alpha value is -0.730. The third-order valence-electron chi connectivity index (χ3n) is 2.40. The van der Waals surface area contributed by atoms with E-state index in [1.807, 2.05) is 27.7 Å². The topological polar surface area (TPSA) is 35.5 Å². The van der Waals surface area contributed by atoms with Crippen LogP contribution in [0.1, 0.15) is 41.0 Å². The zero-order chi connectivity index (χ0) is 11.1. The Balaban J connectivity index is 3.65. The molecule has 2 atom stereocenters. The summed E-state index contributed by atoms with van der Waals surface area (Å²) >= 11 is 0. The zero-order valence-electron chi connectivity index (χ0n) is 9.87. The van der Waals surface area contributed by atoms with Crippen molar-refractivity contribution in [2.45, 2.75) is 47.1 Å². The van der Waals surface area contributed by atoms with E-state index < -0.39 is 6.16 Å². The van der Waals surface area contributed by atoms with E-state index in [9.17, 15) is 4.79 Å². The molecule has 0 aliphatic heterocycles. The summed E-state index contributed by atoms with van der Waals surface area (Å²) in [6.45, 7) is 10.4. The highest BCUT2D eigenvalue weighted by atomic mass is 16.7. The first-order valence-electron chi connectivity index (χ1n) is 5.30. The average Bonchev–Trinajstić information content (AvgIpc) is 2.13. The van der Waals surface area contributed by atoms with Crippen molar-refractivity contribution in [1.29, 1.82) is 0 Å². The molecule has 2 unspecified atom stereocenters. The fourth-order valence-corrected chi connectivity index (χ4v) is 0.650. The van der Waals surface area contributed by atoms with Gasteiger partial charge in [0.1, 0.15) is 6.10 Å². The molecule has 84 valence electrons. The van der Waals surface area contributed by atoms with Crippen LogP contribution in [0, 0.1) is 11.8 Å². The number of ether oxygens (including phenoxy) is 2. The van der Waals surface area contributed by atoms with Gasteiger partial charge in [-0.25, -0.2) is 4.79 Å². The molecule has 0 aromatic heterocycles. The van der Waals surface area contributed by atoms with E-state index in [1.165, 1.54) is 0 Å². The number of hydrogen-bond acceptors (Lipinski definition) is 3. The van der Waals surface area contributed by atoms with Gasteiger partial charge in [-0.2, -0.15) is 0 Å². The lowest BCUT2D eigenvalue weighted by Crippen LogP contribution is -2.22. The molecule has 0 amide bonds. The van der Waals surface area contributed by atoms with Gasteiger partial charge in [-0.3, -0.25) is 0 Å². The van der Waals surface area contributed by atoms with Crippen molar-refractivity contribution in [3.05, 3.63) is 0 Å². The van der Waals surface area contributed by atoms with Crippen LogP contribution < -0.4 is 0 Å². The Bertz CT molecular complexity index is 166. The normalized spacial score (nSPS) is 15.0. The Morgan fingerprint density at radius 1 is 1.21 bits per heavy atom. The maximum atomic E-state index is 11.1. The van der Waals surface area contributed by atoms with E-state index >= 15 is 0 Å². The molecular formula is C11H22O3. The van der Waals surface area contributed by atoms with E-state index in [2.05, 4.69) is 6.92 Å². The largest absolute Gasteiger partial charge is 0.508 e. The van der Waals surface area contributed by atoms with Gasteiger partial charge in [0.2, 0.25) is 0 Å². The van der Waals surface area contributed by atoms with E-state index in [1.54, 1.807) is 0 Å². The molecule has 0 rings (SSSR count). The van der Waals surface area contributed by atoms with E-state index in [0.29, 0.717) is 18.4 Å². The quantitative estimate of drug-likeness (QED) is 0.642. The molecule has 0 aromatic rings. The third-order valence-corrected chi connectivity index (χ3v) is 2.40. The maximum absolute atomic E-state index is 11.1. The van der Waals surface area contributed by atoms with Gasteiger partial charge in [0.25, 0.3) is 0 Å². The zero-order valence-corrected chi connectivity index (χ0v) is 9.87. The molecular weight excluding hydrogens is 180 g/mol. The van der Waals surface area contributed by atoms with Crippen LogP contribution in [0.5, 0.6) is 0 Å². The second-order valence-corrected chi connectivity index (χ2v) is 4.14. The van der Waals surface area contributed by atoms with Crippen LogP contribution in [0.15, 0.2) is 0 Å². The molecule has 0 aliphatic rings. The summed E-state index contributed by atoms with van der Waals surface area (Å²) in [4.78, 5) is 11.1. The summed E-state index contributed by atoms with van der Waals surface area (Å²) in [6, 6.07) is 0. The first-order valence-corrected chi connectivity index (χ1v) is 5.30. The summed E-state index contributed by atoms with van der Waals surface area (Å²) in [6.07, 6.45) is 0.374. The van der Waals surface area contributed by atoms with Crippen LogP contribution in [-0.2, 0) is 9.47 Å². The molecule has 0 heterocycles. The lowest BCUT2D eigenvalue weighted by Gasteiger charge is -2.17. The molecule has 14 heavy (non-hydrogen) atoms. The minimum Gasteiger partial charge on any atom is -0.434 e. The molecule has 0 N–H and O–H groups in total. The van der Waals surface area contributed by atoms with Gasteiger partial charge in [-0.05, 0) is 18.8 Å². The average molecular weight is 202 g/mol. The highest BCUT2D eigenvalue weighted by Gasteiger charge is 2.14. The third kappa shape index (κ3) is 5.84. The van der Waals surface area contributed by atoms with Crippen LogP contribution in [0.4, 0.5) is 4.79 Å². The van der Waals surface area contributed by atoms with Crippen LogP contribution >= 0.6 is 0 Å². The van der Waals surface area contributed by atoms with Crippen molar-refractivity contribution in [3.63, 3.8) is 0 Å². The Morgan fingerprint density at radius 2 is 1.79 bits per heavy atom. The smallest absolute Gasteiger partial charge is 0.434 e. The summed E-state index contributed by atoms with van der Waals surface area (Å²) in [5.41, 5.74) is 0. The van der Waals surface area contributed by atoms with Crippen molar-refractivity contribution >= 4 is 6.16 Å². The predicted molar refractivity (Wildman–Crippen MR) is 56.2 cm³/mol. The summed E-state index contributed by atoms with van der Waals surface area (Å²) < 4.78 is 10.00. The molecule has 0 bridgehead atoms. The number of rotatable bonds is 5. The summed E-state index contributed by atoms with van der Waals surface area (Å²) in [5.74, 6) is 0.725. The van der Waals surface area contributed by atoms with Crippen LogP contribution in [-0.4, -0.2) is 18.9 Å². The number of hydrogen-bond donors (Lipinski definition) is 0. The SMILES string of the molecule is CCC(C)COC(=O)OC(C)C(C)C. The Kier molecular flexibility index (Phi) is 6.34. The molecule has 0 spiro atoms. The van der Waals surface area contributed by atoms with Gasteiger partial charge in [0.15, 0.2) is 0 Å². The minimum absolute atomic E-state index is 0.0839. The lowest BCUT2D eigenvalue weighted by atomic mass is 10.1. The minimum atomic E-state index is -0.550. The molecule has 0 saturated carbocycles. The number of carbonyl (C=O) groups is 1. The second kappa shape index (κ2) is 6.68. The van der Waals surface area contributed by atoms with Crippen molar-refractivity contribution in [2.24, 2.45) is 11.8 Å². The van der Waals surface area contributed by atoms with Gasteiger partial charge in [-0.1, -0.05) is 34.1 Å². The summed E-state index contributed by atoms with van der Waals surface area (Å²) in [5, 5.41) is 0. The molecule has 0 aromatic carbocycles. The Morgan fingerprint density at radius 3 is 2.21 bits per heavy atom. The van der Waals surface area contributed by atoms with Gasteiger partial charge < -0.3 is 9.47 Å². The molecule has 3 nitrogen and oxygen atoms in total. The van der Waals surface area contributed by atoms with Crippen molar-refractivity contribution in [2.75, 3.05) is 6.61 Å². The van der Waals surface area contributed by atoms with Crippen molar-refractivity contribution < 1.29 is 14.3 Å². The van der Waals surface area contributed by atoms with Crippen LogP contribution in [0.3, 0.4) is 0 Å². The van der Waals surface area contributed by atoms with E-state index in [0.717, 1.165) is 6.42 Å². The van der Waals surface area contributed by atoms with Crippen LogP contribution in [0.25, 0.3) is 0 Å². The monoisotopic (exact) mass is 202 g/mol. The standard InChI is InChI=1S/C11H22O3/c1-6-9(4)7-13-11(12)14-10(5)8(2)3/h8-10H,6-7H2,1-5H3. The van der Waals surface area contributed by atoms with Gasteiger partial charge in [0.05, 0.1) is 6.61 Å². The molecule has 0 fully saturated rings. The highest BCUT2D eigenvalue weighted by molar-refractivity contribution is 5.60. The van der Waals surface area contributed by atoms with Crippen molar-refractivity contribution in [1.82, 2.24) is 0 Å². The first-order chi connectivity index (χ1) is 6.47. The predicted octanol–water partition coefficient (Wildman–Crippen LogP) is 3.23. The second-order valence-electron chi connectivity index (χ2n) is 4.14. The molecule has 0 saturated heterocycles. The fourth-order valence-electron chi connectivity index (χ4n) is 0.650. The lowest BCUT2D eigenvalue weighted by molar-refractivity contribution is 0.00830. The first kappa shape index (κ1) is 13.3. The van der Waals surface area contributed by atoms with E-state index in [4.69, 9.17) is 9.47 Å². The van der Waals surface area contributed by atoms with Gasteiger partial charge in [-0.15, -0.1) is 0 Å². The van der Waals surface area contributed by atoms with Crippen molar-refractivity contribution in [3.8, 4) is 0 Å². The summed E-state index contributed by atoms with van der Waals surface area (Å²) in [7, 11) is 0.